The number of methoxy groups -OCH3 is 1. The van der Waals surface area contributed by atoms with Crippen molar-refractivity contribution in [1.29, 1.82) is 0 Å². The molecule has 0 bridgehead atoms. The highest BCUT2D eigenvalue weighted by molar-refractivity contribution is 7.12. The largest absolute Gasteiger partial charge is 0.496 e. The number of rotatable bonds is 8. The quantitative estimate of drug-likeness (QED) is 0.572. The Hall–Kier alpha value is -3.06. The third-order valence-electron chi connectivity index (χ3n) is 4.46. The zero-order chi connectivity index (χ0) is 20.1. The number of carboxylic acid groups (broad SMARTS) is 1. The minimum Gasteiger partial charge on any atom is -0.496 e. The lowest BCUT2D eigenvalue weighted by molar-refractivity contribution is 0.0693. The van der Waals surface area contributed by atoms with Crippen LogP contribution in [0.2, 0.25) is 0 Å². The number of allylic oxidation sites excluding steroid dienone is 1. The molecule has 146 valence electrons. The molecular formula is C21H23N3O3S. The van der Waals surface area contributed by atoms with E-state index >= 15 is 0 Å². The molecule has 0 amide bonds. The zero-order valence-corrected chi connectivity index (χ0v) is 16.7. The Labute approximate surface area is 168 Å². The van der Waals surface area contributed by atoms with Gasteiger partial charge in [0.25, 0.3) is 0 Å². The molecule has 1 aromatic carbocycles. The molecule has 0 saturated heterocycles. The van der Waals surface area contributed by atoms with Gasteiger partial charge in [-0.3, -0.25) is 4.99 Å². The molecule has 0 aliphatic carbocycles. The molecule has 2 heterocycles. The van der Waals surface area contributed by atoms with E-state index in [0.717, 1.165) is 34.2 Å². The monoisotopic (exact) mass is 397 g/mol. The van der Waals surface area contributed by atoms with Crippen molar-refractivity contribution in [3.63, 3.8) is 0 Å². The Bertz CT molecular complexity index is 932. The molecule has 28 heavy (non-hydrogen) atoms. The number of amidine groups is 1. The molecule has 7 heteroatoms. The molecule has 2 aromatic rings. The van der Waals surface area contributed by atoms with Crippen molar-refractivity contribution >= 4 is 28.8 Å². The van der Waals surface area contributed by atoms with E-state index in [4.69, 9.17) is 9.73 Å². The Kier molecular flexibility index (Phi) is 6.16. The lowest BCUT2D eigenvalue weighted by Crippen LogP contribution is -2.36. The number of aromatic carboxylic acids is 1. The third-order valence-corrected chi connectivity index (χ3v) is 5.34. The van der Waals surface area contributed by atoms with E-state index in [9.17, 15) is 9.90 Å². The van der Waals surface area contributed by atoms with Gasteiger partial charge in [-0.25, -0.2) is 4.79 Å². The van der Waals surface area contributed by atoms with E-state index in [1.165, 1.54) is 13.2 Å². The number of benzene rings is 1. The summed E-state index contributed by atoms with van der Waals surface area (Å²) < 4.78 is 5.24. The van der Waals surface area contributed by atoms with E-state index in [-0.39, 0.29) is 11.6 Å². The van der Waals surface area contributed by atoms with Gasteiger partial charge in [-0.15, -0.1) is 17.9 Å². The summed E-state index contributed by atoms with van der Waals surface area (Å²) in [5.41, 5.74) is 1.96. The van der Waals surface area contributed by atoms with Crippen LogP contribution in [0.4, 0.5) is 5.69 Å². The average molecular weight is 398 g/mol. The van der Waals surface area contributed by atoms with Crippen LogP contribution in [0, 0.1) is 0 Å². The Balaban J connectivity index is 1.96. The van der Waals surface area contributed by atoms with Crippen LogP contribution in [0.1, 0.15) is 35.0 Å². The van der Waals surface area contributed by atoms with E-state index in [1.807, 2.05) is 23.6 Å². The number of hydrogen-bond donors (Lipinski definition) is 3. The van der Waals surface area contributed by atoms with Gasteiger partial charge in [0.15, 0.2) is 0 Å². The van der Waals surface area contributed by atoms with Crippen molar-refractivity contribution in [2.45, 2.75) is 25.8 Å². The van der Waals surface area contributed by atoms with Crippen LogP contribution in [0.25, 0.3) is 0 Å². The minimum absolute atomic E-state index is 0.0408. The number of nitrogens with zero attached hydrogens (tertiary/aromatic N) is 1. The lowest BCUT2D eigenvalue weighted by atomic mass is 9.99. The van der Waals surface area contributed by atoms with Crippen LogP contribution < -0.4 is 15.4 Å². The number of hydrogen-bond acceptors (Lipinski definition) is 6. The second kappa shape index (κ2) is 8.75. The summed E-state index contributed by atoms with van der Waals surface area (Å²) in [6.07, 6.45) is 3.42. The first-order chi connectivity index (χ1) is 13.6. The number of nitrogens with one attached hydrogen (secondary N) is 2. The van der Waals surface area contributed by atoms with Gasteiger partial charge >= 0.3 is 5.97 Å². The summed E-state index contributed by atoms with van der Waals surface area (Å²) in [6.45, 7) is 5.98. The van der Waals surface area contributed by atoms with Crippen LogP contribution in [0.3, 0.4) is 0 Å². The molecule has 3 N–H and O–H groups in total. The van der Waals surface area contributed by atoms with Crippen LogP contribution in [0.15, 0.2) is 64.8 Å². The lowest BCUT2D eigenvalue weighted by Gasteiger charge is -2.28. The highest BCUT2D eigenvalue weighted by Gasteiger charge is 2.24. The van der Waals surface area contributed by atoms with E-state index < -0.39 is 5.97 Å². The second-order valence-corrected chi connectivity index (χ2v) is 7.19. The van der Waals surface area contributed by atoms with Crippen molar-refractivity contribution in [2.24, 2.45) is 4.99 Å². The summed E-state index contributed by atoms with van der Waals surface area (Å²) in [5.74, 6) is 0.948. The SMILES string of the molecule is C=CCC1=C(Nc2ccc(C(=O)O)c(OC)c2)NC(c2cccs2)=NC1CC. The first-order valence-corrected chi connectivity index (χ1v) is 9.86. The number of carbonyl (C=O) groups is 1. The molecule has 1 aliphatic heterocycles. The maximum absolute atomic E-state index is 11.3. The second-order valence-electron chi connectivity index (χ2n) is 6.24. The fraction of sp³-hybridized carbons (Fsp3) is 0.238. The Morgan fingerprint density at radius 1 is 1.46 bits per heavy atom. The zero-order valence-electron chi connectivity index (χ0n) is 15.9. The number of anilines is 1. The van der Waals surface area contributed by atoms with Crippen molar-refractivity contribution in [3.8, 4) is 5.75 Å². The number of carboxylic acids is 1. The fourth-order valence-corrected chi connectivity index (χ4v) is 3.78. The number of thiophene rings is 1. The number of ether oxygens (including phenoxy) is 1. The van der Waals surface area contributed by atoms with Crippen molar-refractivity contribution in [1.82, 2.24) is 5.32 Å². The Morgan fingerprint density at radius 2 is 2.29 bits per heavy atom. The maximum atomic E-state index is 11.3. The molecule has 0 radical (unpaired) electrons. The van der Waals surface area contributed by atoms with Crippen LogP contribution in [0.5, 0.6) is 5.75 Å². The molecule has 3 rings (SSSR count). The highest BCUT2D eigenvalue weighted by atomic mass is 32.1. The average Bonchev–Trinajstić information content (AvgIpc) is 3.23. The van der Waals surface area contributed by atoms with Gasteiger partial charge in [0, 0.05) is 11.8 Å². The third kappa shape index (κ3) is 4.09. The molecule has 6 nitrogen and oxygen atoms in total. The van der Waals surface area contributed by atoms with Gasteiger partial charge in [0.2, 0.25) is 0 Å². The number of aliphatic imine (C=N–C) groups is 1. The molecule has 1 atom stereocenters. The first-order valence-electron chi connectivity index (χ1n) is 8.98. The van der Waals surface area contributed by atoms with Gasteiger partial charge in [0.1, 0.15) is 23.0 Å². The molecule has 0 spiro atoms. The van der Waals surface area contributed by atoms with E-state index in [0.29, 0.717) is 12.2 Å². The normalized spacial score (nSPS) is 16.2. The van der Waals surface area contributed by atoms with Gasteiger partial charge < -0.3 is 20.5 Å². The van der Waals surface area contributed by atoms with Crippen LogP contribution in [-0.4, -0.2) is 30.1 Å². The van der Waals surface area contributed by atoms with Gasteiger partial charge in [-0.2, -0.15) is 0 Å². The topological polar surface area (TPSA) is 83.0 Å². The van der Waals surface area contributed by atoms with Crippen LogP contribution >= 0.6 is 11.3 Å². The van der Waals surface area contributed by atoms with Crippen molar-refractivity contribution < 1.29 is 14.6 Å². The Morgan fingerprint density at radius 3 is 2.89 bits per heavy atom. The summed E-state index contributed by atoms with van der Waals surface area (Å²) in [5, 5.41) is 18.1. The summed E-state index contributed by atoms with van der Waals surface area (Å²) in [4.78, 5) is 17.3. The molecule has 1 aromatic heterocycles. The van der Waals surface area contributed by atoms with Crippen LogP contribution in [-0.2, 0) is 0 Å². The molecular weight excluding hydrogens is 374 g/mol. The van der Waals surface area contributed by atoms with Gasteiger partial charge in [-0.1, -0.05) is 19.1 Å². The fourth-order valence-electron chi connectivity index (χ4n) is 3.10. The van der Waals surface area contributed by atoms with Crippen molar-refractivity contribution in [2.75, 3.05) is 12.4 Å². The highest BCUT2D eigenvalue weighted by Crippen LogP contribution is 2.28. The minimum atomic E-state index is -1.02. The molecule has 1 aliphatic rings. The van der Waals surface area contributed by atoms with Gasteiger partial charge in [0.05, 0.1) is 18.0 Å². The van der Waals surface area contributed by atoms with Crippen molar-refractivity contribution in [3.05, 3.63) is 70.2 Å². The summed E-state index contributed by atoms with van der Waals surface area (Å²) in [6, 6.07) is 9.01. The first kappa shape index (κ1) is 19.7. The van der Waals surface area contributed by atoms with E-state index in [2.05, 4.69) is 24.1 Å². The predicted molar refractivity (Wildman–Crippen MR) is 113 cm³/mol. The summed E-state index contributed by atoms with van der Waals surface area (Å²) >= 11 is 1.63. The predicted octanol–water partition coefficient (Wildman–Crippen LogP) is 4.48. The van der Waals surface area contributed by atoms with Gasteiger partial charge in [-0.05, 0) is 42.0 Å². The van der Waals surface area contributed by atoms with E-state index in [1.54, 1.807) is 23.5 Å². The standard InChI is InChI=1S/C21H23N3O3S/c1-4-7-14-16(5-2)23-20(18-8-6-11-28-18)24-19(14)22-13-9-10-15(21(25)26)17(12-13)27-3/h4,6,8-12,16,22H,1,5,7H2,2-3H3,(H,23,24)(H,25,26). The molecule has 1 unspecified atom stereocenters. The molecule has 0 saturated carbocycles. The molecule has 0 fully saturated rings. The maximum Gasteiger partial charge on any atom is 0.339 e. The smallest absolute Gasteiger partial charge is 0.339 e. The summed E-state index contributed by atoms with van der Waals surface area (Å²) in [7, 11) is 1.46.